The molecule has 160 valence electrons. The highest BCUT2D eigenvalue weighted by atomic mass is 19.4. The van der Waals surface area contributed by atoms with Gasteiger partial charge < -0.3 is 14.6 Å². The molecule has 2 heterocycles. The van der Waals surface area contributed by atoms with Crippen molar-refractivity contribution >= 4 is 5.97 Å². The maximum atomic E-state index is 10.6. The van der Waals surface area contributed by atoms with Crippen LogP contribution in [0.1, 0.15) is 22.7 Å². The Morgan fingerprint density at radius 2 is 1.90 bits per heavy atom. The van der Waals surface area contributed by atoms with Crippen molar-refractivity contribution in [3.63, 3.8) is 0 Å². The molecule has 1 unspecified atom stereocenters. The number of nitrogens with zero attached hydrogens (tertiary/aromatic N) is 3. The molecule has 1 N–H and O–H groups in total. The molecule has 1 atom stereocenters. The fourth-order valence-electron chi connectivity index (χ4n) is 3.16. The molecule has 1 aromatic carbocycles. The molecule has 2 aromatic rings. The standard InChI is InChI=1S/C17H23N3O2.C2HF3O2/c1-19-10-16-14(12-21-2)9-20(11-17(16)18-19)8-13-4-6-15(22-3)7-5-13;3-2(4,5)1(6)7/h4-7,10,14H,8-9,11-12H2,1-3H3;(H,6,7). The zero-order valence-corrected chi connectivity index (χ0v) is 16.4. The second-order valence-corrected chi connectivity index (χ2v) is 6.68. The molecule has 10 heteroatoms. The Kier molecular flexibility index (Phi) is 7.63. The molecule has 1 aliphatic heterocycles. The van der Waals surface area contributed by atoms with Crippen molar-refractivity contribution in [2.75, 3.05) is 27.4 Å². The molecule has 29 heavy (non-hydrogen) atoms. The van der Waals surface area contributed by atoms with Gasteiger partial charge in [-0.2, -0.15) is 18.3 Å². The fraction of sp³-hybridized carbons (Fsp3) is 0.474. The number of methoxy groups -OCH3 is 2. The number of hydrogen-bond acceptors (Lipinski definition) is 5. The Morgan fingerprint density at radius 3 is 2.41 bits per heavy atom. The molecule has 0 spiro atoms. The van der Waals surface area contributed by atoms with E-state index >= 15 is 0 Å². The number of aliphatic carboxylic acids is 1. The minimum absolute atomic E-state index is 0.390. The molecule has 1 aromatic heterocycles. The number of carboxylic acid groups (broad SMARTS) is 1. The molecule has 7 nitrogen and oxygen atoms in total. The maximum Gasteiger partial charge on any atom is 0.490 e. The molecule has 0 amide bonds. The zero-order chi connectivity index (χ0) is 21.6. The number of benzene rings is 1. The number of carbonyl (C=O) groups is 1. The number of ether oxygens (including phenoxy) is 2. The summed E-state index contributed by atoms with van der Waals surface area (Å²) in [5, 5.41) is 11.7. The van der Waals surface area contributed by atoms with E-state index in [1.807, 2.05) is 23.9 Å². The van der Waals surface area contributed by atoms with Crippen LogP contribution in [0.3, 0.4) is 0 Å². The lowest BCUT2D eigenvalue weighted by atomic mass is 9.95. The number of aromatic nitrogens is 2. The van der Waals surface area contributed by atoms with Gasteiger partial charge >= 0.3 is 12.1 Å². The molecule has 0 bridgehead atoms. The topological polar surface area (TPSA) is 76.8 Å². The average Bonchev–Trinajstić information content (AvgIpc) is 3.03. The van der Waals surface area contributed by atoms with Gasteiger partial charge in [-0.25, -0.2) is 4.79 Å². The predicted octanol–water partition coefficient (Wildman–Crippen LogP) is 2.81. The summed E-state index contributed by atoms with van der Waals surface area (Å²) >= 11 is 0. The largest absolute Gasteiger partial charge is 0.497 e. The first-order valence-corrected chi connectivity index (χ1v) is 8.80. The Hall–Kier alpha value is -2.59. The van der Waals surface area contributed by atoms with Gasteiger partial charge in [-0.15, -0.1) is 0 Å². The van der Waals surface area contributed by atoms with Crippen molar-refractivity contribution in [1.82, 2.24) is 14.7 Å². The SMILES string of the molecule is COCC1CN(Cc2ccc(OC)cc2)Cc2nn(C)cc21.O=C(O)C(F)(F)F. The van der Waals surface area contributed by atoms with Gasteiger partial charge in [0.05, 0.1) is 19.4 Å². The molecular formula is C19H24F3N3O4. The lowest BCUT2D eigenvalue weighted by molar-refractivity contribution is -0.192. The summed E-state index contributed by atoms with van der Waals surface area (Å²) in [4.78, 5) is 11.3. The Bertz CT molecular complexity index is 806. The lowest BCUT2D eigenvalue weighted by Crippen LogP contribution is -2.34. The van der Waals surface area contributed by atoms with Gasteiger partial charge in [0.25, 0.3) is 0 Å². The average molecular weight is 415 g/mol. The zero-order valence-electron chi connectivity index (χ0n) is 16.4. The third-order valence-electron chi connectivity index (χ3n) is 4.40. The van der Waals surface area contributed by atoms with Crippen molar-refractivity contribution in [3.05, 3.63) is 47.3 Å². The van der Waals surface area contributed by atoms with E-state index in [-0.39, 0.29) is 0 Å². The number of rotatable bonds is 5. The van der Waals surface area contributed by atoms with Crippen molar-refractivity contribution in [2.24, 2.45) is 7.05 Å². The number of hydrogen-bond donors (Lipinski definition) is 1. The normalized spacial score (nSPS) is 16.6. The van der Waals surface area contributed by atoms with Gasteiger partial charge in [0.2, 0.25) is 0 Å². The van der Waals surface area contributed by atoms with Crippen molar-refractivity contribution in [2.45, 2.75) is 25.2 Å². The summed E-state index contributed by atoms with van der Waals surface area (Å²) in [6.45, 7) is 3.54. The molecule has 0 aliphatic carbocycles. The van der Waals surface area contributed by atoms with Crippen molar-refractivity contribution < 1.29 is 32.5 Å². The summed E-state index contributed by atoms with van der Waals surface area (Å²) < 4.78 is 44.3. The fourth-order valence-corrected chi connectivity index (χ4v) is 3.16. The van der Waals surface area contributed by atoms with E-state index in [2.05, 4.69) is 28.3 Å². The summed E-state index contributed by atoms with van der Waals surface area (Å²) in [7, 11) is 5.44. The van der Waals surface area contributed by atoms with Crippen LogP contribution in [0.4, 0.5) is 13.2 Å². The van der Waals surface area contributed by atoms with Crippen LogP contribution in [-0.4, -0.2) is 59.3 Å². The van der Waals surface area contributed by atoms with Crippen LogP contribution in [0, 0.1) is 0 Å². The summed E-state index contributed by atoms with van der Waals surface area (Å²) in [6, 6.07) is 8.27. The van der Waals surface area contributed by atoms with E-state index in [4.69, 9.17) is 19.4 Å². The highest BCUT2D eigenvalue weighted by molar-refractivity contribution is 5.73. The van der Waals surface area contributed by atoms with Gasteiger partial charge in [-0.05, 0) is 17.7 Å². The van der Waals surface area contributed by atoms with Gasteiger partial charge in [0.1, 0.15) is 5.75 Å². The smallest absolute Gasteiger partial charge is 0.490 e. The van der Waals surface area contributed by atoms with Crippen LogP contribution in [-0.2, 0) is 29.7 Å². The third kappa shape index (κ3) is 6.47. The number of carboxylic acids is 1. The van der Waals surface area contributed by atoms with E-state index in [1.54, 1.807) is 14.2 Å². The molecule has 1 aliphatic rings. The Balaban J connectivity index is 0.000000370. The second-order valence-electron chi connectivity index (χ2n) is 6.68. The van der Waals surface area contributed by atoms with Crippen molar-refractivity contribution in [3.8, 4) is 5.75 Å². The van der Waals surface area contributed by atoms with E-state index in [0.717, 1.165) is 32.0 Å². The van der Waals surface area contributed by atoms with Crippen LogP contribution in [0.2, 0.25) is 0 Å². The Morgan fingerprint density at radius 1 is 1.28 bits per heavy atom. The van der Waals surface area contributed by atoms with Crippen LogP contribution in [0.15, 0.2) is 30.5 Å². The highest BCUT2D eigenvalue weighted by Gasteiger charge is 2.38. The van der Waals surface area contributed by atoms with Crippen LogP contribution in [0.5, 0.6) is 5.75 Å². The number of halogens is 3. The predicted molar refractivity (Wildman–Crippen MR) is 98.6 cm³/mol. The minimum atomic E-state index is -5.08. The quantitative estimate of drug-likeness (QED) is 0.809. The highest BCUT2D eigenvalue weighted by Crippen LogP contribution is 2.28. The van der Waals surface area contributed by atoms with Crippen LogP contribution < -0.4 is 4.74 Å². The van der Waals surface area contributed by atoms with Gasteiger partial charge in [-0.1, -0.05) is 12.1 Å². The Labute approximate surface area is 166 Å². The third-order valence-corrected chi connectivity index (χ3v) is 4.40. The minimum Gasteiger partial charge on any atom is -0.497 e. The first kappa shape index (κ1) is 22.7. The summed E-state index contributed by atoms with van der Waals surface area (Å²) in [6.07, 6.45) is -2.95. The van der Waals surface area contributed by atoms with Gasteiger partial charge in [0.15, 0.2) is 0 Å². The summed E-state index contributed by atoms with van der Waals surface area (Å²) in [5.41, 5.74) is 3.79. The van der Waals surface area contributed by atoms with E-state index in [9.17, 15) is 13.2 Å². The van der Waals surface area contributed by atoms with E-state index in [0.29, 0.717) is 5.92 Å². The molecule has 3 rings (SSSR count). The molecular weight excluding hydrogens is 391 g/mol. The van der Waals surface area contributed by atoms with Gasteiger partial charge in [0, 0.05) is 51.5 Å². The number of alkyl halides is 3. The van der Waals surface area contributed by atoms with Crippen molar-refractivity contribution in [1.29, 1.82) is 0 Å². The molecule has 0 saturated heterocycles. The van der Waals surface area contributed by atoms with Crippen LogP contribution in [0.25, 0.3) is 0 Å². The van der Waals surface area contributed by atoms with Crippen LogP contribution >= 0.6 is 0 Å². The lowest BCUT2D eigenvalue weighted by Gasteiger charge is -2.31. The van der Waals surface area contributed by atoms with E-state index < -0.39 is 12.1 Å². The first-order chi connectivity index (χ1) is 13.6. The molecule has 0 fully saturated rings. The first-order valence-electron chi connectivity index (χ1n) is 8.80. The summed E-state index contributed by atoms with van der Waals surface area (Å²) in [5.74, 6) is -1.47. The second kappa shape index (κ2) is 9.75. The van der Waals surface area contributed by atoms with E-state index in [1.165, 1.54) is 16.8 Å². The molecule has 0 radical (unpaired) electrons. The maximum absolute atomic E-state index is 10.6. The molecule has 0 saturated carbocycles. The number of fused-ring (bicyclic) bond motifs is 1. The monoisotopic (exact) mass is 415 g/mol. The number of aryl methyl sites for hydroxylation is 1. The van der Waals surface area contributed by atoms with Gasteiger partial charge in [-0.3, -0.25) is 9.58 Å².